The van der Waals surface area contributed by atoms with Crippen LogP contribution in [0.5, 0.6) is 0 Å². The molecule has 0 saturated carbocycles. The number of nitrogens with one attached hydrogen (secondary N) is 1. The van der Waals surface area contributed by atoms with Crippen LogP contribution in [-0.4, -0.2) is 35.5 Å². The Balaban J connectivity index is 2.38. The van der Waals surface area contributed by atoms with Crippen molar-refractivity contribution in [3.63, 3.8) is 0 Å². The lowest BCUT2D eigenvalue weighted by Gasteiger charge is -2.46. The molecule has 2 heterocycles. The van der Waals surface area contributed by atoms with Gasteiger partial charge in [0.05, 0.1) is 11.6 Å². The predicted molar refractivity (Wildman–Crippen MR) is 78.2 cm³/mol. The van der Waals surface area contributed by atoms with Crippen LogP contribution in [0.2, 0.25) is 0 Å². The van der Waals surface area contributed by atoms with Gasteiger partial charge in [0.1, 0.15) is 11.5 Å². The smallest absolute Gasteiger partial charge is 0.240 e. The van der Waals surface area contributed by atoms with Crippen LogP contribution in [0.1, 0.15) is 44.8 Å². The van der Waals surface area contributed by atoms with Crippen LogP contribution in [0.4, 0.5) is 0 Å². The van der Waals surface area contributed by atoms with E-state index in [2.05, 4.69) is 17.1 Å². The Hall–Kier alpha value is -1.33. The Labute approximate surface area is 120 Å². The van der Waals surface area contributed by atoms with Crippen molar-refractivity contribution in [2.75, 3.05) is 13.1 Å². The van der Waals surface area contributed by atoms with E-state index >= 15 is 0 Å². The highest BCUT2D eigenvalue weighted by Crippen LogP contribution is 2.33. The zero-order valence-corrected chi connectivity index (χ0v) is 12.8. The minimum absolute atomic E-state index is 0.0420. The van der Waals surface area contributed by atoms with Gasteiger partial charge in [0, 0.05) is 19.1 Å². The van der Waals surface area contributed by atoms with Crippen molar-refractivity contribution in [3.8, 4) is 0 Å². The third-order valence-electron chi connectivity index (χ3n) is 4.18. The molecule has 2 atom stereocenters. The average Bonchev–Trinajstić information content (AvgIpc) is 2.81. The molecule has 5 nitrogen and oxygen atoms in total. The molecular formula is C15H25N3O2. The molecule has 1 saturated heterocycles. The Bertz CT molecular complexity index is 481. The normalized spacial score (nSPS) is 22.4. The number of rotatable bonds is 4. The SMILES string of the molecule is CCC(N)C(c1ccc(C)o1)N1CCNC(=O)C1(C)C. The van der Waals surface area contributed by atoms with Gasteiger partial charge in [0.2, 0.25) is 5.91 Å². The number of nitrogens with zero attached hydrogens (tertiary/aromatic N) is 1. The van der Waals surface area contributed by atoms with E-state index in [-0.39, 0.29) is 18.0 Å². The first kappa shape index (κ1) is 15.1. The number of amides is 1. The Morgan fingerprint density at radius 3 is 2.75 bits per heavy atom. The number of hydrogen-bond donors (Lipinski definition) is 2. The number of hydrogen-bond acceptors (Lipinski definition) is 4. The van der Waals surface area contributed by atoms with Gasteiger partial charge in [-0.3, -0.25) is 9.69 Å². The highest BCUT2D eigenvalue weighted by Gasteiger charge is 2.44. The van der Waals surface area contributed by atoms with Crippen molar-refractivity contribution >= 4 is 5.91 Å². The van der Waals surface area contributed by atoms with E-state index in [1.54, 1.807) is 0 Å². The summed E-state index contributed by atoms with van der Waals surface area (Å²) in [6, 6.07) is 3.78. The van der Waals surface area contributed by atoms with Gasteiger partial charge in [0.15, 0.2) is 0 Å². The molecule has 20 heavy (non-hydrogen) atoms. The Kier molecular flexibility index (Phi) is 4.20. The zero-order valence-electron chi connectivity index (χ0n) is 12.8. The summed E-state index contributed by atoms with van der Waals surface area (Å²) in [7, 11) is 0. The van der Waals surface area contributed by atoms with Crippen molar-refractivity contribution in [2.45, 2.75) is 51.7 Å². The van der Waals surface area contributed by atoms with E-state index in [9.17, 15) is 4.79 Å². The standard InChI is InChI=1S/C15H25N3O2/c1-5-11(16)13(12-7-6-10(2)20-12)18-9-8-17-14(19)15(18,3)4/h6-7,11,13H,5,8-9,16H2,1-4H3,(H,17,19). The van der Waals surface area contributed by atoms with E-state index in [0.717, 1.165) is 24.5 Å². The van der Waals surface area contributed by atoms with Crippen molar-refractivity contribution in [3.05, 3.63) is 23.7 Å². The average molecular weight is 279 g/mol. The van der Waals surface area contributed by atoms with E-state index in [4.69, 9.17) is 10.2 Å². The van der Waals surface area contributed by atoms with E-state index in [0.29, 0.717) is 6.54 Å². The van der Waals surface area contributed by atoms with Crippen LogP contribution in [0.3, 0.4) is 0 Å². The topological polar surface area (TPSA) is 71.5 Å². The third kappa shape index (κ3) is 2.60. The molecule has 0 radical (unpaired) electrons. The lowest BCUT2D eigenvalue weighted by atomic mass is 9.92. The second-order valence-electron chi connectivity index (χ2n) is 5.97. The minimum Gasteiger partial charge on any atom is -0.465 e. The molecule has 2 unspecified atom stereocenters. The molecule has 0 aromatic carbocycles. The lowest BCUT2D eigenvalue weighted by Crippen LogP contribution is -2.64. The van der Waals surface area contributed by atoms with Crippen LogP contribution < -0.4 is 11.1 Å². The van der Waals surface area contributed by atoms with Crippen LogP contribution in [0.15, 0.2) is 16.5 Å². The van der Waals surface area contributed by atoms with Gasteiger partial charge in [-0.15, -0.1) is 0 Å². The molecule has 5 heteroatoms. The summed E-state index contributed by atoms with van der Waals surface area (Å²) in [5.41, 5.74) is 5.74. The molecule has 3 N–H and O–H groups in total. The van der Waals surface area contributed by atoms with Gasteiger partial charge in [-0.1, -0.05) is 6.92 Å². The molecule has 2 rings (SSSR count). The molecule has 1 aromatic rings. The fraction of sp³-hybridized carbons (Fsp3) is 0.667. The van der Waals surface area contributed by atoms with Crippen molar-refractivity contribution in [1.29, 1.82) is 0 Å². The second kappa shape index (κ2) is 5.58. The first-order valence-electron chi connectivity index (χ1n) is 7.25. The third-order valence-corrected chi connectivity index (χ3v) is 4.18. The van der Waals surface area contributed by atoms with Crippen LogP contribution in [0, 0.1) is 6.92 Å². The van der Waals surface area contributed by atoms with Crippen molar-refractivity contribution in [1.82, 2.24) is 10.2 Å². The maximum Gasteiger partial charge on any atom is 0.240 e. The summed E-state index contributed by atoms with van der Waals surface area (Å²) in [4.78, 5) is 14.3. The minimum atomic E-state index is -0.587. The largest absolute Gasteiger partial charge is 0.465 e. The van der Waals surface area contributed by atoms with E-state index in [1.807, 2.05) is 32.9 Å². The summed E-state index contributed by atoms with van der Waals surface area (Å²) >= 11 is 0. The Morgan fingerprint density at radius 1 is 1.50 bits per heavy atom. The van der Waals surface area contributed by atoms with Crippen molar-refractivity contribution in [2.24, 2.45) is 5.73 Å². The maximum absolute atomic E-state index is 12.2. The zero-order chi connectivity index (χ0) is 14.9. The molecule has 0 aliphatic carbocycles. The summed E-state index contributed by atoms with van der Waals surface area (Å²) in [5.74, 6) is 1.76. The second-order valence-corrected chi connectivity index (χ2v) is 5.97. The maximum atomic E-state index is 12.2. The van der Waals surface area contributed by atoms with Crippen LogP contribution >= 0.6 is 0 Å². The fourth-order valence-electron chi connectivity index (χ4n) is 2.83. The van der Waals surface area contributed by atoms with E-state index < -0.39 is 5.54 Å². The number of carbonyl (C=O) groups is 1. The molecule has 1 aromatic heterocycles. The number of carbonyl (C=O) groups excluding carboxylic acids is 1. The van der Waals surface area contributed by atoms with Crippen LogP contribution in [0.25, 0.3) is 0 Å². The van der Waals surface area contributed by atoms with Gasteiger partial charge in [-0.2, -0.15) is 0 Å². The number of aryl methyl sites for hydroxylation is 1. The highest BCUT2D eigenvalue weighted by atomic mass is 16.3. The molecule has 0 spiro atoms. The van der Waals surface area contributed by atoms with Gasteiger partial charge in [-0.25, -0.2) is 0 Å². The number of nitrogens with two attached hydrogens (primary N) is 1. The summed E-state index contributed by atoms with van der Waals surface area (Å²) < 4.78 is 5.80. The van der Waals surface area contributed by atoms with Gasteiger partial charge in [0.25, 0.3) is 0 Å². The molecule has 112 valence electrons. The molecule has 1 fully saturated rings. The van der Waals surface area contributed by atoms with E-state index in [1.165, 1.54) is 0 Å². The number of furan rings is 1. The summed E-state index contributed by atoms with van der Waals surface area (Å²) in [6.07, 6.45) is 0.832. The molecule has 0 bridgehead atoms. The molecular weight excluding hydrogens is 254 g/mol. The summed E-state index contributed by atoms with van der Waals surface area (Å²) in [6.45, 7) is 9.28. The fourth-order valence-corrected chi connectivity index (χ4v) is 2.83. The first-order chi connectivity index (χ1) is 9.37. The van der Waals surface area contributed by atoms with Crippen molar-refractivity contribution < 1.29 is 9.21 Å². The predicted octanol–water partition coefficient (Wildman–Crippen LogP) is 1.58. The van der Waals surface area contributed by atoms with Gasteiger partial charge < -0.3 is 15.5 Å². The lowest BCUT2D eigenvalue weighted by molar-refractivity contribution is -0.138. The van der Waals surface area contributed by atoms with Crippen LogP contribution in [-0.2, 0) is 4.79 Å². The molecule has 1 aliphatic heterocycles. The van der Waals surface area contributed by atoms with Gasteiger partial charge >= 0.3 is 0 Å². The monoisotopic (exact) mass is 279 g/mol. The quantitative estimate of drug-likeness (QED) is 0.877. The highest BCUT2D eigenvalue weighted by molar-refractivity contribution is 5.86. The number of piperazine rings is 1. The molecule has 1 amide bonds. The summed E-state index contributed by atoms with van der Waals surface area (Å²) in [5, 5.41) is 2.92. The first-order valence-corrected chi connectivity index (χ1v) is 7.25. The Morgan fingerprint density at radius 2 is 2.20 bits per heavy atom. The molecule has 1 aliphatic rings. The van der Waals surface area contributed by atoms with Gasteiger partial charge in [-0.05, 0) is 39.3 Å².